The molecule has 102 valence electrons. The van der Waals surface area contributed by atoms with E-state index in [2.05, 4.69) is 38.9 Å². The molecule has 0 aliphatic heterocycles. The summed E-state index contributed by atoms with van der Waals surface area (Å²) < 4.78 is 0. The summed E-state index contributed by atoms with van der Waals surface area (Å²) >= 11 is 1.89. The van der Waals surface area contributed by atoms with E-state index in [1.54, 1.807) is 0 Å². The summed E-state index contributed by atoms with van der Waals surface area (Å²) in [5.74, 6) is 1.16. The minimum atomic E-state index is -0.0282. The van der Waals surface area contributed by atoms with Gasteiger partial charge < -0.3 is 11.1 Å². The van der Waals surface area contributed by atoms with Crippen molar-refractivity contribution in [2.24, 2.45) is 5.73 Å². The van der Waals surface area contributed by atoms with Gasteiger partial charge in [0.2, 0.25) is 0 Å². The molecule has 17 heavy (non-hydrogen) atoms. The monoisotopic (exact) mass is 258 g/mol. The van der Waals surface area contributed by atoms with Crippen LogP contribution in [0.25, 0.3) is 0 Å². The van der Waals surface area contributed by atoms with Crippen LogP contribution >= 0.6 is 11.8 Å². The van der Waals surface area contributed by atoms with Crippen LogP contribution in [0.1, 0.15) is 52.9 Å². The highest BCUT2D eigenvalue weighted by molar-refractivity contribution is 7.98. The lowest BCUT2D eigenvalue weighted by Gasteiger charge is -2.20. The van der Waals surface area contributed by atoms with Crippen LogP contribution < -0.4 is 11.1 Å². The molecule has 1 unspecified atom stereocenters. The van der Waals surface area contributed by atoms with Crippen molar-refractivity contribution in [2.45, 2.75) is 64.5 Å². The number of hydrogen-bond donors (Lipinski definition) is 2. The fourth-order valence-corrected chi connectivity index (χ4v) is 2.46. The predicted octanol–water partition coefficient (Wildman–Crippen LogP) is 3.53. The molecule has 3 N–H and O–H groups in total. The fourth-order valence-electron chi connectivity index (χ4n) is 1.74. The molecule has 0 aliphatic carbocycles. The fraction of sp³-hybridized carbons (Fsp3) is 0.857. The number of hydrogen-bond acceptors (Lipinski definition) is 3. The summed E-state index contributed by atoms with van der Waals surface area (Å²) in [4.78, 5) is 0. The Morgan fingerprint density at radius 2 is 2.06 bits per heavy atom. The van der Waals surface area contributed by atoms with Gasteiger partial charge in [0.1, 0.15) is 0 Å². The van der Waals surface area contributed by atoms with E-state index in [0.29, 0.717) is 6.04 Å². The second-order valence-corrected chi connectivity index (χ2v) is 6.41. The van der Waals surface area contributed by atoms with Crippen molar-refractivity contribution in [1.82, 2.24) is 5.32 Å². The molecule has 0 aromatic heterocycles. The Balaban J connectivity index is 3.65. The molecular weight excluding hydrogens is 228 g/mol. The number of allylic oxidation sites excluding steroid dienone is 1. The highest BCUT2D eigenvalue weighted by Gasteiger charge is 2.10. The first-order valence-corrected chi connectivity index (χ1v) is 8.00. The summed E-state index contributed by atoms with van der Waals surface area (Å²) in [5.41, 5.74) is 7.11. The number of unbranched alkanes of at least 4 members (excludes halogenated alkanes) is 1. The van der Waals surface area contributed by atoms with Crippen LogP contribution in [0.15, 0.2) is 12.3 Å². The molecule has 2 nitrogen and oxygen atoms in total. The molecule has 0 spiro atoms. The zero-order valence-electron chi connectivity index (χ0n) is 12.0. The highest BCUT2D eigenvalue weighted by Crippen LogP contribution is 2.13. The second kappa shape index (κ2) is 8.87. The predicted molar refractivity (Wildman–Crippen MR) is 81.5 cm³/mol. The first kappa shape index (κ1) is 16.9. The zero-order valence-corrected chi connectivity index (χ0v) is 12.8. The second-order valence-electron chi connectivity index (χ2n) is 5.50. The Morgan fingerprint density at radius 1 is 1.41 bits per heavy atom. The molecular formula is C14H30N2S. The first-order chi connectivity index (χ1) is 7.89. The Hall–Kier alpha value is -0.150. The van der Waals surface area contributed by atoms with E-state index in [1.165, 1.54) is 18.5 Å². The van der Waals surface area contributed by atoms with E-state index in [-0.39, 0.29) is 5.54 Å². The van der Waals surface area contributed by atoms with Crippen LogP contribution in [0.3, 0.4) is 0 Å². The van der Waals surface area contributed by atoms with Gasteiger partial charge in [-0.05, 0) is 45.8 Å². The van der Waals surface area contributed by atoms with E-state index in [1.807, 2.05) is 11.8 Å². The molecule has 0 aromatic rings. The van der Waals surface area contributed by atoms with Gasteiger partial charge in [-0.2, -0.15) is 11.8 Å². The van der Waals surface area contributed by atoms with Gasteiger partial charge in [-0.1, -0.05) is 19.9 Å². The molecule has 0 rings (SSSR count). The maximum atomic E-state index is 5.95. The van der Waals surface area contributed by atoms with Crippen LogP contribution in [-0.2, 0) is 0 Å². The number of rotatable bonds is 10. The van der Waals surface area contributed by atoms with Crippen LogP contribution in [0.2, 0.25) is 0 Å². The number of nitrogens with one attached hydrogen (secondary N) is 1. The smallest absolute Gasteiger partial charge is 0.0345 e. The molecule has 3 heteroatoms. The quantitative estimate of drug-likeness (QED) is 0.589. The van der Waals surface area contributed by atoms with Crippen LogP contribution in [0, 0.1) is 0 Å². The molecule has 0 amide bonds. The largest absolute Gasteiger partial charge is 0.385 e. The average Bonchev–Trinajstić information content (AvgIpc) is 2.22. The number of nitrogens with two attached hydrogens (primary N) is 1. The molecule has 0 saturated heterocycles. The summed E-state index contributed by atoms with van der Waals surface area (Å²) in [7, 11) is 0. The minimum absolute atomic E-state index is 0.0282. The van der Waals surface area contributed by atoms with E-state index in [9.17, 15) is 0 Å². The van der Waals surface area contributed by atoms with Gasteiger partial charge in [0.15, 0.2) is 0 Å². The van der Waals surface area contributed by atoms with E-state index in [4.69, 9.17) is 5.73 Å². The SMILES string of the molecule is C=C(CCCCC(C)(C)N)NC(CC)CSC. The topological polar surface area (TPSA) is 38.0 Å². The third-order valence-electron chi connectivity index (χ3n) is 2.82. The van der Waals surface area contributed by atoms with Crippen molar-refractivity contribution in [1.29, 1.82) is 0 Å². The third-order valence-corrected chi connectivity index (χ3v) is 3.55. The van der Waals surface area contributed by atoms with E-state index < -0.39 is 0 Å². The lowest BCUT2D eigenvalue weighted by atomic mass is 9.98. The molecule has 1 atom stereocenters. The summed E-state index contributed by atoms with van der Waals surface area (Å²) in [6, 6.07) is 0.573. The van der Waals surface area contributed by atoms with Gasteiger partial charge >= 0.3 is 0 Å². The summed E-state index contributed by atoms with van der Waals surface area (Å²) in [6.45, 7) is 10.5. The molecule has 0 radical (unpaired) electrons. The summed E-state index contributed by atoms with van der Waals surface area (Å²) in [6.07, 6.45) is 7.83. The normalized spacial score (nSPS) is 13.5. The van der Waals surface area contributed by atoms with Crippen LogP contribution in [0.5, 0.6) is 0 Å². The molecule has 0 aromatic carbocycles. The maximum Gasteiger partial charge on any atom is 0.0345 e. The minimum Gasteiger partial charge on any atom is -0.385 e. The lowest BCUT2D eigenvalue weighted by molar-refractivity contribution is 0.447. The Morgan fingerprint density at radius 3 is 2.53 bits per heavy atom. The van der Waals surface area contributed by atoms with Gasteiger partial charge in [-0.15, -0.1) is 0 Å². The van der Waals surface area contributed by atoms with Gasteiger partial charge in [-0.3, -0.25) is 0 Å². The van der Waals surface area contributed by atoms with Gasteiger partial charge in [0.05, 0.1) is 0 Å². The van der Waals surface area contributed by atoms with Crippen molar-refractivity contribution < 1.29 is 0 Å². The highest BCUT2D eigenvalue weighted by atomic mass is 32.2. The first-order valence-electron chi connectivity index (χ1n) is 6.61. The van der Waals surface area contributed by atoms with Gasteiger partial charge in [0.25, 0.3) is 0 Å². The Labute approximate surface area is 112 Å². The third kappa shape index (κ3) is 10.7. The molecule has 0 heterocycles. The van der Waals surface area contributed by atoms with Crippen molar-refractivity contribution in [3.63, 3.8) is 0 Å². The molecule has 0 bridgehead atoms. The van der Waals surface area contributed by atoms with Crippen LogP contribution in [0.4, 0.5) is 0 Å². The average molecular weight is 258 g/mol. The van der Waals surface area contributed by atoms with Crippen molar-refractivity contribution in [2.75, 3.05) is 12.0 Å². The summed E-state index contributed by atoms with van der Waals surface area (Å²) in [5, 5.41) is 3.52. The maximum absolute atomic E-state index is 5.95. The molecule has 0 fully saturated rings. The van der Waals surface area contributed by atoms with Gasteiger partial charge in [0, 0.05) is 23.0 Å². The Kier molecular flexibility index (Phi) is 8.79. The Bertz CT molecular complexity index is 209. The lowest BCUT2D eigenvalue weighted by Crippen LogP contribution is -2.31. The van der Waals surface area contributed by atoms with Crippen molar-refractivity contribution >= 4 is 11.8 Å². The number of thioether (sulfide) groups is 1. The van der Waals surface area contributed by atoms with Crippen molar-refractivity contribution in [3.8, 4) is 0 Å². The van der Waals surface area contributed by atoms with Crippen molar-refractivity contribution in [3.05, 3.63) is 12.3 Å². The van der Waals surface area contributed by atoms with E-state index in [0.717, 1.165) is 25.0 Å². The van der Waals surface area contributed by atoms with E-state index >= 15 is 0 Å². The standard InChI is InChI=1S/C14H30N2S/c1-6-13(11-17-5)16-12(2)9-7-8-10-14(3,4)15/h13,16H,2,6-11,15H2,1,3-5H3. The molecule has 0 saturated carbocycles. The zero-order chi connectivity index (χ0) is 13.3. The molecule has 0 aliphatic rings. The van der Waals surface area contributed by atoms with Gasteiger partial charge in [-0.25, -0.2) is 0 Å². The van der Waals surface area contributed by atoms with Crippen LogP contribution in [-0.4, -0.2) is 23.6 Å².